The summed E-state index contributed by atoms with van der Waals surface area (Å²) in [6.45, 7) is 0.537. The molecule has 2 aliphatic heterocycles. The lowest BCUT2D eigenvalue weighted by Gasteiger charge is -2.21. The van der Waals surface area contributed by atoms with Crippen LogP contribution in [-0.2, 0) is 16.1 Å². The minimum absolute atomic E-state index is 0.0207. The summed E-state index contributed by atoms with van der Waals surface area (Å²) in [4.78, 5) is 31.9. The molecule has 2 aliphatic rings. The molecule has 0 aromatic heterocycles. The van der Waals surface area contributed by atoms with Gasteiger partial charge in [0.2, 0.25) is 0 Å². The predicted molar refractivity (Wildman–Crippen MR) is 107 cm³/mol. The fraction of sp³-hybridized carbons (Fsp3) is 0.190. The number of amides is 3. The van der Waals surface area contributed by atoms with Crippen molar-refractivity contribution in [1.29, 1.82) is 0 Å². The third kappa shape index (κ3) is 5.40. The van der Waals surface area contributed by atoms with Crippen LogP contribution in [-0.4, -0.2) is 47.2 Å². The lowest BCUT2D eigenvalue weighted by molar-refractivity contribution is -0.274. The fourth-order valence-electron chi connectivity index (χ4n) is 3.21. The van der Waals surface area contributed by atoms with Gasteiger partial charge in [-0.3, -0.25) is 9.69 Å². The van der Waals surface area contributed by atoms with Crippen molar-refractivity contribution in [1.82, 2.24) is 9.80 Å². The molecule has 0 aliphatic carbocycles. The Hall–Kier alpha value is -4.09. The Morgan fingerprint density at radius 1 is 1.15 bits per heavy atom. The summed E-state index contributed by atoms with van der Waals surface area (Å²) in [7, 11) is 0. The van der Waals surface area contributed by atoms with Crippen molar-refractivity contribution >= 4 is 23.6 Å². The summed E-state index contributed by atoms with van der Waals surface area (Å²) < 4.78 is 59.5. The maximum atomic E-state index is 13.1. The number of alkyl halides is 3. The third-order valence-electron chi connectivity index (χ3n) is 4.70. The minimum Gasteiger partial charge on any atom is -0.431 e. The number of ether oxygens (including phenoxy) is 2. The smallest absolute Gasteiger partial charge is 0.431 e. The van der Waals surface area contributed by atoms with Gasteiger partial charge in [0.05, 0.1) is 0 Å². The lowest BCUT2D eigenvalue weighted by atomic mass is 10.2. The molecule has 0 atom stereocenters. The molecular weight excluding hydrogens is 448 g/mol. The van der Waals surface area contributed by atoms with E-state index in [1.165, 1.54) is 34.1 Å². The zero-order valence-corrected chi connectivity index (χ0v) is 16.8. The molecule has 2 aromatic carbocycles. The van der Waals surface area contributed by atoms with Crippen molar-refractivity contribution in [3.05, 3.63) is 71.9 Å². The van der Waals surface area contributed by atoms with Gasteiger partial charge in [-0.05, 0) is 29.8 Å². The molecule has 0 radical (unpaired) electrons. The van der Waals surface area contributed by atoms with E-state index in [-0.39, 0.29) is 37.0 Å². The first-order chi connectivity index (χ1) is 15.7. The number of benzene rings is 2. The Bertz CT molecular complexity index is 1130. The molecule has 2 heterocycles. The van der Waals surface area contributed by atoms with E-state index >= 15 is 0 Å². The zero-order chi connectivity index (χ0) is 23.6. The van der Waals surface area contributed by atoms with Crippen molar-refractivity contribution in [3.8, 4) is 5.75 Å². The van der Waals surface area contributed by atoms with Crippen LogP contribution in [0, 0.1) is 5.82 Å². The van der Waals surface area contributed by atoms with Gasteiger partial charge >= 0.3 is 18.4 Å². The predicted octanol–water partition coefficient (Wildman–Crippen LogP) is 3.83. The number of urea groups is 1. The van der Waals surface area contributed by atoms with Crippen LogP contribution in [0.2, 0.25) is 0 Å². The number of halogens is 4. The highest BCUT2D eigenvalue weighted by Crippen LogP contribution is 2.26. The molecule has 4 rings (SSSR count). The molecule has 0 saturated heterocycles. The molecular formula is C21H16F4N4O4. The number of hydrogen-bond acceptors (Lipinski definition) is 5. The number of aliphatic imine (C=N–C) groups is 1. The van der Waals surface area contributed by atoms with Gasteiger partial charge in [0, 0.05) is 31.4 Å². The van der Waals surface area contributed by atoms with Gasteiger partial charge in [-0.15, -0.1) is 18.2 Å². The average molecular weight is 464 g/mol. The molecule has 33 heavy (non-hydrogen) atoms. The minimum atomic E-state index is -4.87. The number of amidine groups is 1. The Labute approximate surface area is 184 Å². The Balaban J connectivity index is 1.42. The summed E-state index contributed by atoms with van der Waals surface area (Å²) in [5.74, 6) is -1.56. The van der Waals surface area contributed by atoms with Crippen LogP contribution in [0.5, 0.6) is 5.75 Å². The van der Waals surface area contributed by atoms with Gasteiger partial charge in [0.1, 0.15) is 23.5 Å². The number of anilines is 1. The molecule has 1 N–H and O–H groups in total. The second-order valence-electron chi connectivity index (χ2n) is 7.03. The third-order valence-corrected chi connectivity index (χ3v) is 4.70. The summed E-state index contributed by atoms with van der Waals surface area (Å²) in [6.07, 6.45) is -3.76. The van der Waals surface area contributed by atoms with E-state index in [1.807, 2.05) is 0 Å². The first-order valence-electron chi connectivity index (χ1n) is 9.61. The van der Waals surface area contributed by atoms with Crippen LogP contribution in [0.1, 0.15) is 5.56 Å². The SMILES string of the molecule is O=C(Nc1cccc(OC(F)(F)F)c1)C1=COC2=NC(=O)N(Cc3ccc(F)cc3)CCN12. The molecule has 0 saturated carbocycles. The molecule has 0 spiro atoms. The van der Waals surface area contributed by atoms with E-state index in [0.717, 1.165) is 18.4 Å². The van der Waals surface area contributed by atoms with E-state index in [2.05, 4.69) is 15.0 Å². The van der Waals surface area contributed by atoms with Gasteiger partial charge in [0.25, 0.3) is 5.91 Å². The lowest BCUT2D eigenvalue weighted by Crippen LogP contribution is -2.36. The van der Waals surface area contributed by atoms with Gasteiger partial charge in [-0.1, -0.05) is 18.2 Å². The molecule has 172 valence electrons. The van der Waals surface area contributed by atoms with E-state index in [1.54, 1.807) is 12.1 Å². The van der Waals surface area contributed by atoms with E-state index in [9.17, 15) is 27.2 Å². The maximum absolute atomic E-state index is 13.1. The van der Waals surface area contributed by atoms with Gasteiger partial charge in [-0.25, -0.2) is 9.18 Å². The Morgan fingerprint density at radius 2 is 1.91 bits per heavy atom. The van der Waals surface area contributed by atoms with Crippen molar-refractivity contribution in [2.45, 2.75) is 12.9 Å². The number of carbonyl (C=O) groups is 2. The van der Waals surface area contributed by atoms with Crippen molar-refractivity contribution < 1.29 is 36.6 Å². The van der Waals surface area contributed by atoms with E-state index in [4.69, 9.17) is 4.74 Å². The highest BCUT2D eigenvalue weighted by Gasteiger charge is 2.34. The number of nitrogens with zero attached hydrogens (tertiary/aromatic N) is 3. The number of hydrogen-bond donors (Lipinski definition) is 1. The van der Waals surface area contributed by atoms with E-state index in [0.29, 0.717) is 5.56 Å². The molecule has 0 unspecified atom stereocenters. The first kappa shape index (κ1) is 22.1. The van der Waals surface area contributed by atoms with Crippen LogP contribution in [0.4, 0.5) is 28.0 Å². The van der Waals surface area contributed by atoms with Crippen LogP contribution in [0.15, 0.2) is 65.5 Å². The van der Waals surface area contributed by atoms with Crippen molar-refractivity contribution in [2.24, 2.45) is 4.99 Å². The summed E-state index contributed by atoms with van der Waals surface area (Å²) in [5, 5.41) is 2.47. The second kappa shape index (κ2) is 8.81. The average Bonchev–Trinajstić information content (AvgIpc) is 3.07. The van der Waals surface area contributed by atoms with Gasteiger partial charge in [-0.2, -0.15) is 0 Å². The molecule has 12 heteroatoms. The topological polar surface area (TPSA) is 83.5 Å². The zero-order valence-electron chi connectivity index (χ0n) is 16.8. The van der Waals surface area contributed by atoms with Crippen LogP contribution in [0.25, 0.3) is 0 Å². The highest BCUT2D eigenvalue weighted by atomic mass is 19.4. The van der Waals surface area contributed by atoms with Crippen molar-refractivity contribution in [3.63, 3.8) is 0 Å². The van der Waals surface area contributed by atoms with Crippen molar-refractivity contribution in [2.75, 3.05) is 18.4 Å². The standard InChI is InChI=1S/C21H16F4N4O4/c22-14-6-4-13(5-7-14)11-28-8-9-29-17(12-32-20(29)27-19(28)31)18(30)26-15-2-1-3-16(10-15)33-21(23,24)25/h1-7,10,12H,8-9,11H2,(H,26,30). The Kier molecular flexibility index (Phi) is 5.90. The van der Waals surface area contributed by atoms with Crippen LogP contribution in [0.3, 0.4) is 0 Å². The highest BCUT2D eigenvalue weighted by molar-refractivity contribution is 6.08. The summed E-state index contributed by atoms with van der Waals surface area (Å²) >= 11 is 0. The normalized spacial score (nSPS) is 15.8. The first-order valence-corrected chi connectivity index (χ1v) is 9.61. The second-order valence-corrected chi connectivity index (χ2v) is 7.03. The summed E-state index contributed by atoms with van der Waals surface area (Å²) in [5.41, 5.74) is 0.784. The van der Waals surface area contributed by atoms with Crippen LogP contribution < -0.4 is 10.1 Å². The largest absolute Gasteiger partial charge is 0.573 e. The molecule has 8 nitrogen and oxygen atoms in total. The molecule has 3 amide bonds. The Morgan fingerprint density at radius 3 is 2.64 bits per heavy atom. The number of fused-ring (bicyclic) bond motifs is 1. The molecule has 0 bridgehead atoms. The maximum Gasteiger partial charge on any atom is 0.573 e. The number of rotatable bonds is 5. The van der Waals surface area contributed by atoms with Gasteiger partial charge < -0.3 is 19.7 Å². The quantitative estimate of drug-likeness (QED) is 0.681. The fourth-order valence-corrected chi connectivity index (χ4v) is 3.21. The van der Waals surface area contributed by atoms with Gasteiger partial charge in [0.15, 0.2) is 0 Å². The number of carbonyl (C=O) groups excluding carboxylic acids is 2. The molecule has 0 fully saturated rings. The number of nitrogens with one attached hydrogen (secondary N) is 1. The van der Waals surface area contributed by atoms with E-state index < -0.39 is 29.9 Å². The summed E-state index contributed by atoms with van der Waals surface area (Å²) in [6, 6.07) is 9.78. The molecule has 2 aromatic rings. The van der Waals surface area contributed by atoms with Crippen LogP contribution >= 0.6 is 0 Å². The monoisotopic (exact) mass is 464 g/mol.